The number of hydrogen-bond donors (Lipinski definition) is 3. The lowest BCUT2D eigenvalue weighted by atomic mass is 10.4. The molecule has 1 aliphatic rings. The number of aliphatic hydroxyl groups excluding tert-OH is 1. The van der Waals surface area contributed by atoms with Crippen molar-refractivity contribution in [2.75, 3.05) is 19.6 Å². The molecule has 0 spiro atoms. The molecule has 0 aliphatic heterocycles. The minimum Gasteiger partial charge on any atom is -0.392 e. The highest BCUT2D eigenvalue weighted by Crippen LogP contribution is 2.27. The average molecular weight is 186 g/mol. The van der Waals surface area contributed by atoms with Gasteiger partial charge >= 0.3 is 0 Å². The Bertz CT molecular complexity index is 167. The monoisotopic (exact) mass is 186 g/mol. The predicted octanol–water partition coefficient (Wildman–Crippen LogP) is -0.517. The molecule has 0 bridgehead atoms. The first-order valence-electron chi connectivity index (χ1n) is 4.84. The van der Waals surface area contributed by atoms with E-state index in [-0.39, 0.29) is 5.91 Å². The molecule has 4 nitrogen and oxygen atoms in total. The van der Waals surface area contributed by atoms with E-state index < -0.39 is 6.10 Å². The van der Waals surface area contributed by atoms with E-state index in [0.29, 0.717) is 13.1 Å². The first kappa shape index (κ1) is 10.5. The average Bonchev–Trinajstić information content (AvgIpc) is 2.84. The predicted molar refractivity (Wildman–Crippen MR) is 50.3 cm³/mol. The van der Waals surface area contributed by atoms with Gasteiger partial charge in [0.25, 0.3) is 0 Å². The Hall–Kier alpha value is -0.610. The maximum absolute atomic E-state index is 11.1. The van der Waals surface area contributed by atoms with Crippen LogP contribution >= 0.6 is 0 Å². The molecular formula is C9H18N2O2. The van der Waals surface area contributed by atoms with E-state index in [0.717, 1.165) is 12.5 Å². The number of hydrogen-bond acceptors (Lipinski definition) is 3. The van der Waals surface area contributed by atoms with Crippen LogP contribution in [0.3, 0.4) is 0 Å². The van der Waals surface area contributed by atoms with Gasteiger partial charge in [0.05, 0.1) is 12.6 Å². The highest BCUT2D eigenvalue weighted by atomic mass is 16.3. The molecule has 0 heterocycles. The third-order valence-corrected chi connectivity index (χ3v) is 2.01. The molecule has 3 N–H and O–H groups in total. The molecule has 0 aromatic rings. The first-order chi connectivity index (χ1) is 6.18. The zero-order chi connectivity index (χ0) is 9.68. The van der Waals surface area contributed by atoms with Crippen molar-refractivity contribution in [3.8, 4) is 0 Å². The zero-order valence-corrected chi connectivity index (χ0v) is 8.05. The molecule has 76 valence electrons. The van der Waals surface area contributed by atoms with Gasteiger partial charge in [-0.05, 0) is 32.2 Å². The normalized spacial score (nSPS) is 18.3. The summed E-state index contributed by atoms with van der Waals surface area (Å²) in [4.78, 5) is 11.1. The molecule has 1 fully saturated rings. The van der Waals surface area contributed by atoms with Crippen LogP contribution < -0.4 is 10.6 Å². The van der Waals surface area contributed by atoms with Gasteiger partial charge in [-0.1, -0.05) is 0 Å². The number of aliphatic hydroxyl groups is 1. The van der Waals surface area contributed by atoms with Crippen molar-refractivity contribution in [3.63, 3.8) is 0 Å². The smallest absolute Gasteiger partial charge is 0.234 e. The third-order valence-electron chi connectivity index (χ3n) is 2.01. The number of carbonyl (C=O) groups is 1. The van der Waals surface area contributed by atoms with E-state index in [2.05, 4.69) is 10.6 Å². The Morgan fingerprint density at radius 2 is 2.31 bits per heavy atom. The Morgan fingerprint density at radius 1 is 1.62 bits per heavy atom. The SMILES string of the molecule is C[C@@H](O)CNC(=O)CNCC1CC1. The number of amides is 1. The zero-order valence-electron chi connectivity index (χ0n) is 8.05. The van der Waals surface area contributed by atoms with Crippen LogP contribution in [0.5, 0.6) is 0 Å². The van der Waals surface area contributed by atoms with Gasteiger partial charge in [-0.25, -0.2) is 0 Å². The van der Waals surface area contributed by atoms with E-state index >= 15 is 0 Å². The first-order valence-corrected chi connectivity index (χ1v) is 4.84. The van der Waals surface area contributed by atoms with Crippen LogP contribution in [-0.2, 0) is 4.79 Å². The summed E-state index contributed by atoms with van der Waals surface area (Å²) in [6.45, 7) is 3.30. The van der Waals surface area contributed by atoms with Crippen LogP contribution in [0.2, 0.25) is 0 Å². The van der Waals surface area contributed by atoms with E-state index in [1.54, 1.807) is 6.92 Å². The van der Waals surface area contributed by atoms with Crippen molar-refractivity contribution in [1.82, 2.24) is 10.6 Å². The highest BCUT2D eigenvalue weighted by Gasteiger charge is 2.20. The lowest BCUT2D eigenvalue weighted by Gasteiger charge is -2.07. The molecule has 0 saturated heterocycles. The van der Waals surface area contributed by atoms with E-state index in [9.17, 15) is 4.79 Å². The summed E-state index contributed by atoms with van der Waals surface area (Å²) in [7, 11) is 0. The van der Waals surface area contributed by atoms with Gasteiger partial charge in [0.1, 0.15) is 0 Å². The minimum atomic E-state index is -0.465. The summed E-state index contributed by atoms with van der Waals surface area (Å²) >= 11 is 0. The largest absolute Gasteiger partial charge is 0.392 e. The van der Waals surface area contributed by atoms with Crippen molar-refractivity contribution in [2.45, 2.75) is 25.9 Å². The maximum Gasteiger partial charge on any atom is 0.234 e. The lowest BCUT2D eigenvalue weighted by molar-refractivity contribution is -0.120. The summed E-state index contributed by atoms with van der Waals surface area (Å²) in [5.74, 6) is 0.756. The second-order valence-electron chi connectivity index (χ2n) is 3.73. The molecule has 1 saturated carbocycles. The summed E-state index contributed by atoms with van der Waals surface area (Å²) in [5.41, 5.74) is 0. The molecule has 1 rings (SSSR count). The van der Waals surface area contributed by atoms with E-state index in [4.69, 9.17) is 5.11 Å². The van der Waals surface area contributed by atoms with Gasteiger partial charge in [0.15, 0.2) is 0 Å². The minimum absolute atomic E-state index is 0.0402. The van der Waals surface area contributed by atoms with Gasteiger partial charge in [-0.15, -0.1) is 0 Å². The second kappa shape index (κ2) is 5.19. The quantitative estimate of drug-likeness (QED) is 0.523. The van der Waals surface area contributed by atoms with Crippen LogP contribution in [0.15, 0.2) is 0 Å². The van der Waals surface area contributed by atoms with Crippen LogP contribution in [0.4, 0.5) is 0 Å². The molecule has 1 amide bonds. The summed E-state index contributed by atoms with van der Waals surface area (Å²) < 4.78 is 0. The van der Waals surface area contributed by atoms with E-state index in [1.165, 1.54) is 12.8 Å². The van der Waals surface area contributed by atoms with Gasteiger partial charge < -0.3 is 15.7 Å². The fourth-order valence-corrected chi connectivity index (χ4v) is 1.04. The van der Waals surface area contributed by atoms with Crippen LogP contribution in [0, 0.1) is 5.92 Å². The molecule has 0 unspecified atom stereocenters. The van der Waals surface area contributed by atoms with Crippen LogP contribution in [0.25, 0.3) is 0 Å². The topological polar surface area (TPSA) is 61.4 Å². The van der Waals surface area contributed by atoms with Gasteiger partial charge in [-0.3, -0.25) is 4.79 Å². The van der Waals surface area contributed by atoms with Crippen molar-refractivity contribution < 1.29 is 9.90 Å². The molecule has 13 heavy (non-hydrogen) atoms. The molecule has 4 heteroatoms. The van der Waals surface area contributed by atoms with Crippen LogP contribution in [-0.4, -0.2) is 36.8 Å². The Morgan fingerprint density at radius 3 is 2.85 bits per heavy atom. The second-order valence-corrected chi connectivity index (χ2v) is 3.73. The summed E-state index contributed by atoms with van der Waals surface area (Å²) in [6.07, 6.45) is 2.12. The lowest BCUT2D eigenvalue weighted by Crippen LogP contribution is -2.37. The molecule has 1 aliphatic carbocycles. The standard InChI is InChI=1S/C9H18N2O2/c1-7(12)4-11-9(13)6-10-5-8-2-3-8/h7-8,10,12H,2-6H2,1H3,(H,11,13)/t7-/m1/s1. The molecule has 0 aromatic carbocycles. The van der Waals surface area contributed by atoms with Crippen molar-refractivity contribution >= 4 is 5.91 Å². The Labute approximate surface area is 78.7 Å². The fraction of sp³-hybridized carbons (Fsp3) is 0.889. The van der Waals surface area contributed by atoms with Crippen LogP contribution in [0.1, 0.15) is 19.8 Å². The third kappa shape index (κ3) is 5.60. The number of nitrogens with one attached hydrogen (secondary N) is 2. The summed E-state index contributed by atoms with van der Waals surface area (Å²) in [6, 6.07) is 0. The maximum atomic E-state index is 11.1. The number of rotatable bonds is 6. The summed E-state index contributed by atoms with van der Waals surface area (Å²) in [5, 5.41) is 14.6. The van der Waals surface area contributed by atoms with Crippen molar-refractivity contribution in [2.24, 2.45) is 5.92 Å². The molecule has 1 atom stereocenters. The van der Waals surface area contributed by atoms with Crippen molar-refractivity contribution in [3.05, 3.63) is 0 Å². The van der Waals surface area contributed by atoms with Gasteiger partial charge in [0, 0.05) is 6.54 Å². The molecule has 0 aromatic heterocycles. The fourth-order valence-electron chi connectivity index (χ4n) is 1.04. The van der Waals surface area contributed by atoms with Crippen molar-refractivity contribution in [1.29, 1.82) is 0 Å². The molecule has 0 radical (unpaired) electrons. The van der Waals surface area contributed by atoms with E-state index in [1.807, 2.05) is 0 Å². The highest BCUT2D eigenvalue weighted by molar-refractivity contribution is 5.77. The molecular weight excluding hydrogens is 168 g/mol. The number of carbonyl (C=O) groups excluding carboxylic acids is 1. The van der Waals surface area contributed by atoms with Gasteiger partial charge in [-0.2, -0.15) is 0 Å². The Kier molecular flexibility index (Phi) is 4.18. The Balaban J connectivity index is 1.90. The van der Waals surface area contributed by atoms with Gasteiger partial charge in [0.2, 0.25) is 5.91 Å².